The number of alkyl carbamates (subject to hydrolysis) is 1. The van der Waals surface area contributed by atoms with E-state index in [1.807, 2.05) is 25.1 Å². The summed E-state index contributed by atoms with van der Waals surface area (Å²) in [7, 11) is -4.08. The Kier molecular flexibility index (Phi) is 10.5. The van der Waals surface area contributed by atoms with Crippen LogP contribution in [-0.2, 0) is 29.1 Å². The zero-order chi connectivity index (χ0) is 42.0. The highest BCUT2D eigenvalue weighted by atomic mass is 32.2. The van der Waals surface area contributed by atoms with Gasteiger partial charge in [0.2, 0.25) is 39.1 Å². The van der Waals surface area contributed by atoms with Gasteiger partial charge in [0, 0.05) is 24.7 Å². The molecule has 1 saturated heterocycles. The van der Waals surface area contributed by atoms with E-state index in [0.29, 0.717) is 57.1 Å². The van der Waals surface area contributed by atoms with E-state index < -0.39 is 85.9 Å². The highest BCUT2D eigenvalue weighted by molar-refractivity contribution is 7.91. The van der Waals surface area contributed by atoms with Crippen LogP contribution in [0.5, 0.6) is 5.88 Å². The van der Waals surface area contributed by atoms with Crippen molar-refractivity contribution in [1.29, 1.82) is 0 Å². The van der Waals surface area contributed by atoms with Crippen LogP contribution in [0, 0.1) is 17.8 Å². The first kappa shape index (κ1) is 41.2. The van der Waals surface area contributed by atoms with Crippen LogP contribution in [-0.4, -0.2) is 98.3 Å². The maximum absolute atomic E-state index is 14.8. The molecule has 7 rings (SSSR count). The molecule has 58 heavy (non-hydrogen) atoms. The molecule has 3 N–H and O–H groups in total. The van der Waals surface area contributed by atoms with Crippen molar-refractivity contribution in [2.75, 3.05) is 6.54 Å². The molecule has 2 aliphatic heterocycles. The zero-order valence-corrected chi connectivity index (χ0v) is 33.7. The molecule has 0 radical (unpaired) electrons. The molecule has 19 heteroatoms. The number of halogens is 3. The Morgan fingerprint density at radius 3 is 2.52 bits per heavy atom. The molecule has 7 atom stereocenters. The minimum Gasteiger partial charge on any atom is -0.472 e. The molecule has 15 nitrogen and oxygen atoms in total. The summed E-state index contributed by atoms with van der Waals surface area (Å²) in [4.78, 5) is 66.5. The number of carbonyl (C=O) groups excluding carboxylic acids is 4. The van der Waals surface area contributed by atoms with Crippen molar-refractivity contribution in [3.05, 3.63) is 48.8 Å². The van der Waals surface area contributed by atoms with E-state index in [2.05, 4.69) is 25.3 Å². The first-order valence-corrected chi connectivity index (χ1v) is 20.9. The molecular formula is C39H48F3N7O8S. The molecular weight excluding hydrogens is 784 g/mol. The number of sulfonamides is 1. The summed E-state index contributed by atoms with van der Waals surface area (Å²) in [5.74, 6) is -3.18. The second-order valence-electron chi connectivity index (χ2n) is 17.0. The van der Waals surface area contributed by atoms with Crippen molar-refractivity contribution in [3.8, 4) is 5.88 Å². The third-order valence-corrected chi connectivity index (χ3v) is 14.2. The molecule has 2 saturated carbocycles. The molecule has 7 unspecified atom stereocenters. The highest BCUT2D eigenvalue weighted by Crippen LogP contribution is 2.48. The summed E-state index contributed by atoms with van der Waals surface area (Å²) >= 11 is 0. The molecule has 2 aromatic heterocycles. The molecule has 0 bridgehead atoms. The number of amides is 4. The zero-order valence-electron chi connectivity index (χ0n) is 32.8. The van der Waals surface area contributed by atoms with Crippen molar-refractivity contribution in [2.24, 2.45) is 17.8 Å². The molecule has 1 aromatic carbocycles. The van der Waals surface area contributed by atoms with E-state index in [1.54, 1.807) is 41.9 Å². The average Bonchev–Trinajstić information content (AvgIpc) is 3.92. The normalized spacial score (nSPS) is 29.1. The van der Waals surface area contributed by atoms with Gasteiger partial charge >= 0.3 is 12.3 Å². The molecule has 0 spiro atoms. The van der Waals surface area contributed by atoms with Gasteiger partial charge in [-0.15, -0.1) is 0 Å². The minimum atomic E-state index is -4.91. The van der Waals surface area contributed by atoms with E-state index in [-0.39, 0.29) is 31.2 Å². The number of allylic oxidation sites excluding steroid dienone is 1. The van der Waals surface area contributed by atoms with Crippen LogP contribution in [0.4, 0.5) is 18.0 Å². The molecule has 4 amide bonds. The fraction of sp³-hybridized carbons (Fsp3) is 0.590. The van der Waals surface area contributed by atoms with Gasteiger partial charge in [-0.25, -0.2) is 18.2 Å². The van der Waals surface area contributed by atoms with Gasteiger partial charge in [-0.1, -0.05) is 38.1 Å². The summed E-state index contributed by atoms with van der Waals surface area (Å²) in [5.41, 5.74) is -3.80. The van der Waals surface area contributed by atoms with Gasteiger partial charge < -0.3 is 25.0 Å². The Morgan fingerprint density at radius 2 is 1.81 bits per heavy atom. The quantitative estimate of drug-likeness (QED) is 0.285. The predicted octanol–water partition coefficient (Wildman–Crippen LogP) is 4.55. The number of fused-ring (bicyclic) bond motifs is 5. The maximum Gasteiger partial charge on any atom is 0.427 e. The first-order valence-electron chi connectivity index (χ1n) is 19.5. The van der Waals surface area contributed by atoms with Crippen molar-refractivity contribution in [3.63, 3.8) is 0 Å². The molecule has 3 fully saturated rings. The number of nitrogens with one attached hydrogen (secondary N) is 3. The van der Waals surface area contributed by atoms with E-state index in [9.17, 15) is 40.8 Å². The maximum atomic E-state index is 14.8. The number of imidazole rings is 1. The van der Waals surface area contributed by atoms with Crippen LogP contribution in [0.25, 0.3) is 16.7 Å². The topological polar surface area (TPSA) is 190 Å². The molecule has 4 aliphatic rings. The fourth-order valence-corrected chi connectivity index (χ4v) is 9.18. The SMILES string of the molecule is CC1CCC=CC2CC2(C(=O)NS(=O)(=O)C2(C)CC2)NC(=O)C2CC(Oc3nc4nccn4c4ccccc34)CN2C(=O)C(NC(=O)OC(C)(C)C(F)(F)F)C(C)C1. The van der Waals surface area contributed by atoms with Crippen LogP contribution in [0.1, 0.15) is 79.6 Å². The van der Waals surface area contributed by atoms with Gasteiger partial charge in [0.05, 0.1) is 22.2 Å². The molecule has 2 aliphatic carbocycles. The van der Waals surface area contributed by atoms with Crippen LogP contribution in [0.15, 0.2) is 48.8 Å². The molecule has 3 aromatic rings. The van der Waals surface area contributed by atoms with E-state index in [4.69, 9.17) is 9.47 Å². The number of aromatic nitrogens is 3. The standard InChI is InChI=1S/C39H48F3N7O8S/c1-22-10-6-7-11-24-20-38(24,33(52)47-58(54,55)37(5)14-15-37)46-30(50)28-19-25(56-31-26-12-8-9-13-27(26)48-17-16-43-34(48)45-31)21-49(28)32(51)29(23(2)18-22)44-35(53)57-36(3,4)39(40,41)42/h7-9,11-13,16-17,22-25,28-29H,6,10,14-15,18-21H2,1-5H3,(H,44,53)(H,46,50)(H,47,52). The lowest BCUT2D eigenvalue weighted by Crippen LogP contribution is -2.59. The number of ether oxygens (including phenoxy) is 2. The number of para-hydroxylation sites is 1. The Balaban J connectivity index is 1.24. The fourth-order valence-electron chi connectivity index (χ4n) is 7.87. The summed E-state index contributed by atoms with van der Waals surface area (Å²) < 4.78 is 81.8. The van der Waals surface area contributed by atoms with Gasteiger partial charge in [-0.3, -0.25) is 23.5 Å². The lowest BCUT2D eigenvalue weighted by molar-refractivity contribution is -0.244. The summed E-state index contributed by atoms with van der Waals surface area (Å²) in [6.07, 6.45) is 1.96. The second kappa shape index (κ2) is 14.7. The number of nitrogens with zero attached hydrogens (tertiary/aromatic N) is 4. The third kappa shape index (κ3) is 7.80. The van der Waals surface area contributed by atoms with Crippen LogP contribution in [0.3, 0.4) is 0 Å². The molecule has 4 heterocycles. The van der Waals surface area contributed by atoms with Gasteiger partial charge in [0.25, 0.3) is 5.91 Å². The predicted molar refractivity (Wildman–Crippen MR) is 204 cm³/mol. The lowest BCUT2D eigenvalue weighted by atomic mass is 9.88. The number of rotatable bonds is 7. The Hall–Kier alpha value is -4.94. The number of carbonyl (C=O) groups is 4. The van der Waals surface area contributed by atoms with Gasteiger partial charge in [0.1, 0.15) is 23.7 Å². The van der Waals surface area contributed by atoms with Crippen LogP contribution in [0.2, 0.25) is 0 Å². The summed E-state index contributed by atoms with van der Waals surface area (Å²) in [6.45, 7) is 6.33. The Morgan fingerprint density at radius 1 is 1.09 bits per heavy atom. The van der Waals surface area contributed by atoms with Crippen LogP contribution < -0.4 is 20.1 Å². The Bertz CT molecular complexity index is 2280. The smallest absolute Gasteiger partial charge is 0.427 e. The van der Waals surface area contributed by atoms with Crippen molar-refractivity contribution in [2.45, 2.75) is 120 Å². The van der Waals surface area contributed by atoms with E-state index >= 15 is 0 Å². The highest BCUT2D eigenvalue weighted by Gasteiger charge is 2.63. The van der Waals surface area contributed by atoms with E-state index in [0.717, 1.165) is 5.52 Å². The number of hydrogen-bond acceptors (Lipinski definition) is 10. The second-order valence-corrected chi connectivity index (χ2v) is 19.2. The van der Waals surface area contributed by atoms with Gasteiger partial charge in [-0.05, 0) is 83.3 Å². The van der Waals surface area contributed by atoms with Crippen molar-refractivity contribution >= 4 is 50.5 Å². The van der Waals surface area contributed by atoms with Crippen molar-refractivity contribution < 1.29 is 50.2 Å². The van der Waals surface area contributed by atoms with Crippen molar-refractivity contribution in [1.82, 2.24) is 34.6 Å². The third-order valence-electron chi connectivity index (χ3n) is 12.0. The minimum absolute atomic E-state index is 0.0386. The number of hydrogen-bond donors (Lipinski definition) is 3. The summed E-state index contributed by atoms with van der Waals surface area (Å²) in [5, 5.41) is 5.80. The number of benzene rings is 1. The van der Waals surface area contributed by atoms with Gasteiger partial charge in [-0.2, -0.15) is 18.2 Å². The lowest BCUT2D eigenvalue weighted by Gasteiger charge is -2.34. The van der Waals surface area contributed by atoms with Gasteiger partial charge in [0.15, 0.2) is 0 Å². The van der Waals surface area contributed by atoms with Crippen LogP contribution >= 0.6 is 0 Å². The Labute approximate surface area is 333 Å². The number of alkyl halides is 3. The molecule has 314 valence electrons. The monoisotopic (exact) mass is 831 g/mol. The summed E-state index contributed by atoms with van der Waals surface area (Å²) in [6, 6.07) is 4.50. The van der Waals surface area contributed by atoms with E-state index in [1.165, 1.54) is 11.8 Å². The average molecular weight is 832 g/mol. The first-order chi connectivity index (χ1) is 27.1. The largest absolute Gasteiger partial charge is 0.472 e.